The average Bonchev–Trinajstić information content (AvgIpc) is 2.46. The lowest BCUT2D eigenvalue weighted by Gasteiger charge is -2.30. The Balaban J connectivity index is 3.68. The van der Waals surface area contributed by atoms with Crippen LogP contribution in [0.15, 0.2) is 12.3 Å². The molecule has 2 atom stereocenters. The summed E-state index contributed by atoms with van der Waals surface area (Å²) in [6.07, 6.45) is 12.4. The zero-order chi connectivity index (χ0) is 16.1. The summed E-state index contributed by atoms with van der Waals surface area (Å²) < 4.78 is 0. The maximum absolute atomic E-state index is 3.86. The number of nitrogens with one attached hydrogen (secondary N) is 1. The molecule has 0 aliphatic carbocycles. The van der Waals surface area contributed by atoms with Crippen molar-refractivity contribution in [2.75, 3.05) is 6.54 Å². The molecule has 0 fully saturated rings. The molecule has 0 aromatic carbocycles. The molecule has 0 radical (unpaired) electrons. The highest BCUT2D eigenvalue weighted by molar-refractivity contribution is 4.83. The summed E-state index contributed by atoms with van der Waals surface area (Å²) >= 11 is 0. The Kier molecular flexibility index (Phi) is 12.9. The molecule has 0 saturated carbocycles. The normalized spacial score (nSPS) is 14.2. The van der Waals surface area contributed by atoms with Gasteiger partial charge in [-0.25, -0.2) is 0 Å². The Labute approximate surface area is 135 Å². The quantitative estimate of drug-likeness (QED) is 0.358. The Morgan fingerprint density at radius 3 is 2.00 bits per heavy atom. The van der Waals surface area contributed by atoms with E-state index in [4.69, 9.17) is 0 Å². The predicted octanol–water partition coefficient (Wildman–Crippen LogP) is 6.55. The first-order valence-corrected chi connectivity index (χ1v) is 9.46. The second kappa shape index (κ2) is 13.2. The van der Waals surface area contributed by atoms with Crippen molar-refractivity contribution < 1.29 is 0 Å². The molecule has 1 N–H and O–H groups in total. The Morgan fingerprint density at radius 1 is 0.905 bits per heavy atom. The molecule has 0 bridgehead atoms. The monoisotopic (exact) mass is 295 g/mol. The first-order chi connectivity index (χ1) is 10.1. The van der Waals surface area contributed by atoms with Crippen molar-refractivity contribution in [2.45, 2.75) is 92.4 Å². The van der Waals surface area contributed by atoms with E-state index in [1.165, 1.54) is 57.8 Å². The number of hydrogen-bond acceptors (Lipinski definition) is 1. The fraction of sp³-hybridized carbons (Fsp3) is 0.900. The largest absolute Gasteiger partial charge is 0.389 e. The molecule has 0 aromatic heterocycles. The van der Waals surface area contributed by atoms with E-state index < -0.39 is 0 Å². The number of unbranched alkanes of at least 4 members (excludes halogenated alkanes) is 4. The van der Waals surface area contributed by atoms with E-state index in [9.17, 15) is 0 Å². The third kappa shape index (κ3) is 9.98. The van der Waals surface area contributed by atoms with Crippen molar-refractivity contribution in [3.63, 3.8) is 0 Å². The molecule has 0 saturated heterocycles. The zero-order valence-electron chi connectivity index (χ0n) is 15.5. The van der Waals surface area contributed by atoms with Gasteiger partial charge in [0.2, 0.25) is 0 Å². The van der Waals surface area contributed by atoms with Crippen LogP contribution in [0.1, 0.15) is 92.4 Å². The summed E-state index contributed by atoms with van der Waals surface area (Å²) in [6, 6.07) is 0. The molecule has 1 heteroatoms. The summed E-state index contributed by atoms with van der Waals surface area (Å²) in [4.78, 5) is 0. The van der Waals surface area contributed by atoms with Gasteiger partial charge in [-0.2, -0.15) is 0 Å². The van der Waals surface area contributed by atoms with Crippen LogP contribution in [0.2, 0.25) is 0 Å². The van der Waals surface area contributed by atoms with Gasteiger partial charge in [0.1, 0.15) is 0 Å². The van der Waals surface area contributed by atoms with E-state index in [1.54, 1.807) is 0 Å². The summed E-state index contributed by atoms with van der Waals surface area (Å²) in [7, 11) is 0. The van der Waals surface area contributed by atoms with Crippen molar-refractivity contribution in [1.82, 2.24) is 5.32 Å². The molecule has 0 aromatic rings. The summed E-state index contributed by atoms with van der Waals surface area (Å²) in [5, 5.41) is 3.31. The molecular weight excluding hydrogens is 254 g/mol. The Bertz CT molecular complexity index is 242. The van der Waals surface area contributed by atoms with E-state index in [0.29, 0.717) is 0 Å². The van der Waals surface area contributed by atoms with Crippen LogP contribution in [-0.4, -0.2) is 6.54 Å². The van der Waals surface area contributed by atoms with Crippen LogP contribution < -0.4 is 5.32 Å². The fourth-order valence-corrected chi connectivity index (χ4v) is 3.73. The van der Waals surface area contributed by atoms with Gasteiger partial charge in [-0.3, -0.25) is 0 Å². The van der Waals surface area contributed by atoms with Gasteiger partial charge in [0.05, 0.1) is 0 Å². The summed E-state index contributed by atoms with van der Waals surface area (Å²) in [5.74, 6) is 2.79. The fourth-order valence-electron chi connectivity index (χ4n) is 3.73. The minimum Gasteiger partial charge on any atom is -0.389 e. The molecule has 0 heterocycles. The van der Waals surface area contributed by atoms with Gasteiger partial charge in [0.15, 0.2) is 0 Å². The van der Waals surface area contributed by atoms with Gasteiger partial charge in [-0.05, 0) is 31.1 Å². The Hall–Kier alpha value is -0.460. The first-order valence-electron chi connectivity index (χ1n) is 9.46. The van der Waals surface area contributed by atoms with Crippen LogP contribution in [0, 0.1) is 17.8 Å². The van der Waals surface area contributed by atoms with E-state index >= 15 is 0 Å². The zero-order valence-corrected chi connectivity index (χ0v) is 15.5. The first kappa shape index (κ1) is 20.5. The van der Waals surface area contributed by atoms with Crippen LogP contribution in [0.3, 0.4) is 0 Å². The highest BCUT2D eigenvalue weighted by Crippen LogP contribution is 2.32. The lowest BCUT2D eigenvalue weighted by Crippen LogP contribution is -2.20. The third-order valence-corrected chi connectivity index (χ3v) is 5.12. The van der Waals surface area contributed by atoms with Crippen LogP contribution in [0.4, 0.5) is 0 Å². The van der Waals surface area contributed by atoms with E-state index in [0.717, 1.165) is 30.0 Å². The summed E-state index contributed by atoms with van der Waals surface area (Å²) in [6.45, 7) is 16.6. The highest BCUT2D eigenvalue weighted by atomic mass is 14.9. The maximum atomic E-state index is 3.86. The van der Waals surface area contributed by atoms with Crippen molar-refractivity contribution >= 4 is 0 Å². The maximum Gasteiger partial charge on any atom is 0.0143 e. The van der Waals surface area contributed by atoms with E-state index in [2.05, 4.69) is 39.6 Å². The minimum absolute atomic E-state index is 0.907. The van der Waals surface area contributed by atoms with Gasteiger partial charge >= 0.3 is 0 Å². The van der Waals surface area contributed by atoms with E-state index in [-0.39, 0.29) is 0 Å². The third-order valence-electron chi connectivity index (χ3n) is 5.12. The molecule has 0 aliphatic heterocycles. The van der Waals surface area contributed by atoms with Gasteiger partial charge in [0, 0.05) is 12.2 Å². The molecule has 0 spiro atoms. The number of allylic oxidation sites excluding steroid dienone is 1. The van der Waals surface area contributed by atoms with Crippen LogP contribution in [0.25, 0.3) is 0 Å². The van der Waals surface area contributed by atoms with Crippen molar-refractivity contribution in [2.24, 2.45) is 17.8 Å². The number of rotatable bonds is 14. The van der Waals surface area contributed by atoms with E-state index in [1.807, 2.05) is 6.92 Å². The predicted molar refractivity (Wildman–Crippen MR) is 97.5 cm³/mol. The lowest BCUT2D eigenvalue weighted by molar-refractivity contribution is 0.206. The topological polar surface area (TPSA) is 12.0 Å². The van der Waals surface area contributed by atoms with Crippen molar-refractivity contribution in [3.8, 4) is 0 Å². The van der Waals surface area contributed by atoms with Gasteiger partial charge in [-0.15, -0.1) is 0 Å². The van der Waals surface area contributed by atoms with Crippen molar-refractivity contribution in [3.05, 3.63) is 12.3 Å². The SMILES string of the molecule is C=C(C)NCCCCCCCC(C)C(CC)C(CC)CC. The van der Waals surface area contributed by atoms with Gasteiger partial charge in [0.25, 0.3) is 0 Å². The average molecular weight is 296 g/mol. The Morgan fingerprint density at radius 2 is 1.48 bits per heavy atom. The molecule has 126 valence electrons. The molecular formula is C20H41N. The summed E-state index contributed by atoms with van der Waals surface area (Å²) in [5.41, 5.74) is 1.09. The second-order valence-electron chi connectivity index (χ2n) is 6.89. The molecule has 2 unspecified atom stereocenters. The lowest BCUT2D eigenvalue weighted by atomic mass is 9.76. The minimum atomic E-state index is 0.907. The molecule has 21 heavy (non-hydrogen) atoms. The van der Waals surface area contributed by atoms with Gasteiger partial charge in [-0.1, -0.05) is 85.6 Å². The van der Waals surface area contributed by atoms with Crippen LogP contribution >= 0.6 is 0 Å². The van der Waals surface area contributed by atoms with Gasteiger partial charge < -0.3 is 5.32 Å². The molecule has 0 aliphatic rings. The molecule has 0 amide bonds. The van der Waals surface area contributed by atoms with Crippen LogP contribution in [-0.2, 0) is 0 Å². The molecule has 0 rings (SSSR count). The molecule has 1 nitrogen and oxygen atoms in total. The van der Waals surface area contributed by atoms with Crippen LogP contribution in [0.5, 0.6) is 0 Å². The smallest absolute Gasteiger partial charge is 0.0143 e. The van der Waals surface area contributed by atoms with Crippen molar-refractivity contribution in [1.29, 1.82) is 0 Å². The highest BCUT2D eigenvalue weighted by Gasteiger charge is 2.22. The second-order valence-corrected chi connectivity index (χ2v) is 6.89. The number of hydrogen-bond donors (Lipinski definition) is 1. The standard InChI is InChI=1S/C20H41N/c1-7-19(8-2)20(9-3)18(6)15-13-11-10-12-14-16-21-17(4)5/h18-21H,4,7-16H2,1-3,5-6H3.